The first-order chi connectivity index (χ1) is 13.3. The first-order valence-electron chi connectivity index (χ1n) is 8.67. The van der Waals surface area contributed by atoms with Gasteiger partial charge in [-0.1, -0.05) is 78.9 Å². The van der Waals surface area contributed by atoms with Gasteiger partial charge in [0.25, 0.3) is 0 Å². The summed E-state index contributed by atoms with van der Waals surface area (Å²) < 4.78 is 0. The lowest BCUT2D eigenvalue weighted by molar-refractivity contribution is 1.07. The Balaban J connectivity index is 1.71. The van der Waals surface area contributed by atoms with Crippen LogP contribution in [0.15, 0.2) is 84.9 Å². The van der Waals surface area contributed by atoms with Crippen molar-refractivity contribution >= 4 is 33.1 Å². The minimum Gasteiger partial charge on any atom is -0.208 e. The number of hydrogen-bond donors (Lipinski definition) is 0. The van der Waals surface area contributed by atoms with E-state index in [1.54, 1.807) is 0 Å². The maximum absolute atomic E-state index is 6.20. The lowest BCUT2D eigenvalue weighted by atomic mass is 10.00. The number of rotatable bonds is 2. The molecule has 0 N–H and O–H groups in total. The monoisotopic (exact) mass is 367 g/mol. The Bertz CT molecular complexity index is 1280. The van der Waals surface area contributed by atoms with Gasteiger partial charge in [0.05, 0.1) is 0 Å². The van der Waals surface area contributed by atoms with Gasteiger partial charge in [-0.25, -0.2) is 4.98 Å². The summed E-state index contributed by atoms with van der Waals surface area (Å²) >= 11 is 6.20. The predicted octanol–water partition coefficient (Wildman–Crippen LogP) is 6.17. The molecular weight excluding hydrogens is 354 g/mol. The number of aromatic nitrogens is 3. The highest BCUT2D eigenvalue weighted by Crippen LogP contribution is 2.29. The second-order valence-corrected chi connectivity index (χ2v) is 6.68. The molecule has 0 radical (unpaired) electrons. The van der Waals surface area contributed by atoms with Crippen LogP contribution in [0, 0.1) is 0 Å². The first kappa shape index (κ1) is 15.9. The van der Waals surface area contributed by atoms with Crippen molar-refractivity contribution in [3.63, 3.8) is 0 Å². The van der Waals surface area contributed by atoms with Crippen LogP contribution in [0.3, 0.4) is 0 Å². The molecule has 1 aromatic heterocycles. The lowest BCUT2D eigenvalue weighted by Crippen LogP contribution is -1.97. The zero-order chi connectivity index (χ0) is 18.2. The molecule has 0 fully saturated rings. The maximum Gasteiger partial charge on any atom is 0.226 e. The topological polar surface area (TPSA) is 38.7 Å². The smallest absolute Gasteiger partial charge is 0.208 e. The van der Waals surface area contributed by atoms with Crippen LogP contribution in [0.5, 0.6) is 0 Å². The van der Waals surface area contributed by atoms with Gasteiger partial charge < -0.3 is 0 Å². The SMILES string of the molecule is Clc1nc(-c2ccccc2)nc(-c2ccc3ccc4ccccc4c3c2)n1. The van der Waals surface area contributed by atoms with E-state index < -0.39 is 0 Å². The van der Waals surface area contributed by atoms with Crippen LogP contribution in [0.1, 0.15) is 0 Å². The van der Waals surface area contributed by atoms with Gasteiger partial charge in [0.1, 0.15) is 0 Å². The molecule has 128 valence electrons. The molecule has 4 heteroatoms. The molecule has 0 saturated carbocycles. The molecule has 0 amide bonds. The second-order valence-electron chi connectivity index (χ2n) is 6.34. The van der Waals surface area contributed by atoms with Crippen LogP contribution in [0.2, 0.25) is 5.28 Å². The number of halogens is 1. The summed E-state index contributed by atoms with van der Waals surface area (Å²) in [5.74, 6) is 1.15. The fraction of sp³-hybridized carbons (Fsp3) is 0. The van der Waals surface area contributed by atoms with E-state index in [1.165, 1.54) is 21.5 Å². The highest BCUT2D eigenvalue weighted by atomic mass is 35.5. The zero-order valence-corrected chi connectivity index (χ0v) is 15.1. The third-order valence-electron chi connectivity index (χ3n) is 4.65. The highest BCUT2D eigenvalue weighted by Gasteiger charge is 2.10. The molecule has 3 nitrogen and oxygen atoms in total. The van der Waals surface area contributed by atoms with Crippen molar-refractivity contribution in [2.45, 2.75) is 0 Å². The van der Waals surface area contributed by atoms with E-state index in [1.807, 2.05) is 36.4 Å². The zero-order valence-electron chi connectivity index (χ0n) is 14.3. The molecule has 0 unspecified atom stereocenters. The van der Waals surface area contributed by atoms with Crippen LogP contribution < -0.4 is 0 Å². The number of fused-ring (bicyclic) bond motifs is 3. The predicted molar refractivity (Wildman–Crippen MR) is 111 cm³/mol. The molecular formula is C23H14ClN3. The van der Waals surface area contributed by atoms with Gasteiger partial charge in [-0.15, -0.1) is 0 Å². The minimum absolute atomic E-state index is 0.192. The molecule has 0 spiro atoms. The normalized spacial score (nSPS) is 11.1. The van der Waals surface area contributed by atoms with Gasteiger partial charge in [0.2, 0.25) is 5.28 Å². The molecule has 5 rings (SSSR count). The van der Waals surface area contributed by atoms with Crippen molar-refractivity contribution in [2.24, 2.45) is 0 Å². The van der Waals surface area contributed by atoms with E-state index in [-0.39, 0.29) is 5.28 Å². The Hall–Kier alpha value is -3.30. The average molecular weight is 368 g/mol. The van der Waals surface area contributed by atoms with E-state index in [0.29, 0.717) is 11.6 Å². The summed E-state index contributed by atoms with van der Waals surface area (Å²) in [6.07, 6.45) is 0. The average Bonchev–Trinajstić information content (AvgIpc) is 2.73. The van der Waals surface area contributed by atoms with Crippen molar-refractivity contribution in [1.82, 2.24) is 15.0 Å². The molecule has 0 aliphatic carbocycles. The summed E-state index contributed by atoms with van der Waals surface area (Å²) in [4.78, 5) is 13.3. The number of nitrogens with zero attached hydrogens (tertiary/aromatic N) is 3. The number of hydrogen-bond acceptors (Lipinski definition) is 3. The molecule has 27 heavy (non-hydrogen) atoms. The van der Waals surface area contributed by atoms with E-state index >= 15 is 0 Å². The Morgan fingerprint density at radius 3 is 1.96 bits per heavy atom. The second kappa shape index (κ2) is 6.45. The Labute approximate surface area is 161 Å². The first-order valence-corrected chi connectivity index (χ1v) is 9.05. The van der Waals surface area contributed by atoms with Crippen LogP contribution in [-0.2, 0) is 0 Å². The van der Waals surface area contributed by atoms with Crippen molar-refractivity contribution in [3.8, 4) is 22.8 Å². The van der Waals surface area contributed by atoms with Gasteiger partial charge in [-0.05, 0) is 39.2 Å². The van der Waals surface area contributed by atoms with Gasteiger partial charge in [-0.2, -0.15) is 9.97 Å². The molecule has 0 bridgehead atoms. The van der Waals surface area contributed by atoms with Gasteiger partial charge in [0.15, 0.2) is 11.6 Å². The van der Waals surface area contributed by atoms with Gasteiger partial charge in [-0.3, -0.25) is 0 Å². The summed E-state index contributed by atoms with van der Waals surface area (Å²) in [6.45, 7) is 0. The quantitative estimate of drug-likeness (QED) is 0.350. The molecule has 5 aromatic rings. The standard InChI is InChI=1S/C23H14ClN3/c24-23-26-21(17-7-2-1-3-8-17)25-22(27-23)18-13-12-16-11-10-15-6-4-5-9-19(15)20(16)14-18/h1-14H. The largest absolute Gasteiger partial charge is 0.226 e. The van der Waals surface area contributed by atoms with E-state index in [4.69, 9.17) is 11.6 Å². The molecule has 0 atom stereocenters. The van der Waals surface area contributed by atoms with E-state index in [9.17, 15) is 0 Å². The number of benzene rings is 4. The fourth-order valence-electron chi connectivity index (χ4n) is 3.34. The molecule has 0 aliphatic rings. The van der Waals surface area contributed by atoms with Crippen LogP contribution in [-0.4, -0.2) is 15.0 Å². The third kappa shape index (κ3) is 2.92. The van der Waals surface area contributed by atoms with Crippen molar-refractivity contribution < 1.29 is 0 Å². The highest BCUT2D eigenvalue weighted by molar-refractivity contribution is 6.28. The maximum atomic E-state index is 6.20. The third-order valence-corrected chi connectivity index (χ3v) is 4.81. The molecule has 1 heterocycles. The Morgan fingerprint density at radius 1 is 0.519 bits per heavy atom. The van der Waals surface area contributed by atoms with Crippen LogP contribution in [0.4, 0.5) is 0 Å². The van der Waals surface area contributed by atoms with E-state index in [0.717, 1.165) is 11.1 Å². The van der Waals surface area contributed by atoms with Crippen molar-refractivity contribution in [3.05, 3.63) is 90.2 Å². The summed E-state index contributed by atoms with van der Waals surface area (Å²) in [6, 6.07) is 28.7. The van der Waals surface area contributed by atoms with Crippen LogP contribution in [0.25, 0.3) is 44.3 Å². The summed E-state index contributed by atoms with van der Waals surface area (Å²) in [5, 5.41) is 4.96. The lowest BCUT2D eigenvalue weighted by Gasteiger charge is -2.08. The summed E-state index contributed by atoms with van der Waals surface area (Å²) in [7, 11) is 0. The minimum atomic E-state index is 0.192. The van der Waals surface area contributed by atoms with Crippen molar-refractivity contribution in [1.29, 1.82) is 0 Å². The Kier molecular flexibility index (Phi) is 3.80. The van der Waals surface area contributed by atoms with Crippen molar-refractivity contribution in [2.75, 3.05) is 0 Å². The molecule has 0 aliphatic heterocycles. The van der Waals surface area contributed by atoms with Gasteiger partial charge in [0, 0.05) is 11.1 Å². The summed E-state index contributed by atoms with van der Waals surface area (Å²) in [5.41, 5.74) is 1.83. The van der Waals surface area contributed by atoms with Gasteiger partial charge >= 0.3 is 0 Å². The fourth-order valence-corrected chi connectivity index (χ4v) is 3.50. The van der Waals surface area contributed by atoms with Crippen LogP contribution >= 0.6 is 11.6 Å². The molecule has 4 aromatic carbocycles. The molecule has 0 saturated heterocycles. The Morgan fingerprint density at radius 2 is 1.15 bits per heavy atom. The van der Waals surface area contributed by atoms with E-state index in [2.05, 4.69) is 63.5 Å².